The molecule has 28 heavy (non-hydrogen) atoms. The van der Waals surface area contributed by atoms with Gasteiger partial charge in [-0.2, -0.15) is 0 Å². The van der Waals surface area contributed by atoms with Crippen LogP contribution < -0.4 is 10.1 Å². The van der Waals surface area contributed by atoms with E-state index in [1.165, 1.54) is 0 Å². The minimum absolute atomic E-state index is 0.0187. The number of hydrogen-bond acceptors (Lipinski definition) is 5. The van der Waals surface area contributed by atoms with Gasteiger partial charge in [0.1, 0.15) is 5.75 Å². The zero-order valence-electron chi connectivity index (χ0n) is 16.2. The number of methoxy groups -OCH3 is 1. The van der Waals surface area contributed by atoms with Gasteiger partial charge in [0.15, 0.2) is 0 Å². The minimum Gasteiger partial charge on any atom is -0.496 e. The fourth-order valence-electron chi connectivity index (χ4n) is 3.07. The fourth-order valence-corrected chi connectivity index (χ4v) is 3.07. The molecular formula is C22H25N3O3. The molecule has 1 atom stereocenters. The Morgan fingerprint density at radius 2 is 1.86 bits per heavy atom. The van der Waals surface area contributed by atoms with E-state index >= 15 is 0 Å². The Labute approximate surface area is 164 Å². The van der Waals surface area contributed by atoms with Crippen molar-refractivity contribution in [1.29, 1.82) is 0 Å². The summed E-state index contributed by atoms with van der Waals surface area (Å²) in [5, 5.41) is 11.0. The van der Waals surface area contributed by atoms with Gasteiger partial charge in [-0.05, 0) is 36.1 Å². The Bertz CT molecular complexity index is 893. The van der Waals surface area contributed by atoms with Gasteiger partial charge in [-0.25, -0.2) is 0 Å². The number of benzene rings is 2. The summed E-state index contributed by atoms with van der Waals surface area (Å²) in [5.41, 5.74) is 2.00. The molecular weight excluding hydrogens is 354 g/mol. The highest BCUT2D eigenvalue weighted by molar-refractivity contribution is 5.76. The fraction of sp³-hybridized carbons (Fsp3) is 0.318. The predicted octanol–water partition coefficient (Wildman–Crippen LogP) is 3.67. The summed E-state index contributed by atoms with van der Waals surface area (Å²) in [5.74, 6) is 2.10. The largest absolute Gasteiger partial charge is 0.496 e. The SMILES string of the molecule is COc1ccccc1C[C@H](C)CC(=O)NCCc1nnc(-c2ccccc2)o1. The van der Waals surface area contributed by atoms with E-state index in [-0.39, 0.29) is 11.8 Å². The zero-order valence-corrected chi connectivity index (χ0v) is 16.2. The van der Waals surface area contributed by atoms with E-state index in [4.69, 9.17) is 9.15 Å². The molecule has 6 nitrogen and oxygen atoms in total. The molecule has 1 aromatic heterocycles. The van der Waals surface area contributed by atoms with Gasteiger partial charge in [0, 0.05) is 24.9 Å². The average molecular weight is 379 g/mol. The Morgan fingerprint density at radius 1 is 1.11 bits per heavy atom. The molecule has 0 aliphatic heterocycles. The van der Waals surface area contributed by atoms with Gasteiger partial charge in [-0.1, -0.05) is 43.3 Å². The molecule has 0 aliphatic rings. The molecule has 2 aromatic carbocycles. The Kier molecular flexibility index (Phi) is 6.78. The number of nitrogens with one attached hydrogen (secondary N) is 1. The second-order valence-electron chi connectivity index (χ2n) is 6.79. The van der Waals surface area contributed by atoms with Crippen molar-refractivity contribution in [2.45, 2.75) is 26.2 Å². The molecule has 0 bridgehead atoms. The molecule has 3 rings (SSSR count). The molecule has 1 N–H and O–H groups in total. The lowest BCUT2D eigenvalue weighted by molar-refractivity contribution is -0.121. The lowest BCUT2D eigenvalue weighted by Gasteiger charge is -2.14. The molecule has 0 saturated heterocycles. The van der Waals surface area contributed by atoms with E-state index in [9.17, 15) is 4.79 Å². The lowest BCUT2D eigenvalue weighted by atomic mass is 9.97. The number of hydrogen-bond donors (Lipinski definition) is 1. The number of rotatable bonds is 9. The van der Waals surface area contributed by atoms with Gasteiger partial charge in [-0.15, -0.1) is 10.2 Å². The Hall–Kier alpha value is -3.15. The van der Waals surface area contributed by atoms with Crippen LogP contribution in [0.1, 0.15) is 24.8 Å². The molecule has 0 unspecified atom stereocenters. The number of amides is 1. The molecule has 1 amide bonds. The third-order valence-corrected chi connectivity index (χ3v) is 4.44. The van der Waals surface area contributed by atoms with Crippen LogP contribution in [-0.2, 0) is 17.6 Å². The monoisotopic (exact) mass is 379 g/mol. The molecule has 0 radical (unpaired) electrons. The molecule has 6 heteroatoms. The van der Waals surface area contributed by atoms with Crippen molar-refractivity contribution in [3.05, 3.63) is 66.1 Å². The summed E-state index contributed by atoms with van der Waals surface area (Å²) < 4.78 is 11.0. The van der Waals surface area contributed by atoms with Crippen LogP contribution in [0.4, 0.5) is 0 Å². The second-order valence-corrected chi connectivity index (χ2v) is 6.79. The first kappa shape index (κ1) is 19.6. The van der Waals surface area contributed by atoms with Crippen LogP contribution in [0.25, 0.3) is 11.5 Å². The van der Waals surface area contributed by atoms with Crippen molar-refractivity contribution < 1.29 is 13.9 Å². The number of nitrogens with zero attached hydrogens (tertiary/aromatic N) is 2. The highest BCUT2D eigenvalue weighted by atomic mass is 16.5. The zero-order chi connectivity index (χ0) is 19.8. The molecule has 1 heterocycles. The number of carbonyl (C=O) groups excluding carboxylic acids is 1. The summed E-state index contributed by atoms with van der Waals surface area (Å²) in [7, 11) is 1.66. The van der Waals surface area contributed by atoms with E-state index in [2.05, 4.69) is 22.4 Å². The second kappa shape index (κ2) is 9.69. The van der Waals surface area contributed by atoms with Gasteiger partial charge in [0.25, 0.3) is 0 Å². The normalized spacial score (nSPS) is 11.8. The topological polar surface area (TPSA) is 77.2 Å². The number of ether oxygens (including phenoxy) is 1. The highest BCUT2D eigenvalue weighted by Gasteiger charge is 2.13. The first-order chi connectivity index (χ1) is 13.7. The summed E-state index contributed by atoms with van der Waals surface area (Å²) in [6.07, 6.45) is 1.76. The van der Waals surface area contributed by atoms with Crippen molar-refractivity contribution in [1.82, 2.24) is 15.5 Å². The van der Waals surface area contributed by atoms with Crippen molar-refractivity contribution in [3.8, 4) is 17.2 Å². The number of aromatic nitrogens is 2. The van der Waals surface area contributed by atoms with Crippen LogP contribution >= 0.6 is 0 Å². The number of carbonyl (C=O) groups is 1. The molecule has 0 saturated carbocycles. The van der Waals surface area contributed by atoms with Crippen LogP contribution in [0.2, 0.25) is 0 Å². The van der Waals surface area contributed by atoms with E-state index in [0.29, 0.717) is 31.2 Å². The van der Waals surface area contributed by atoms with Crippen molar-refractivity contribution in [2.24, 2.45) is 5.92 Å². The van der Waals surface area contributed by atoms with Crippen LogP contribution in [0.3, 0.4) is 0 Å². The molecule has 0 aliphatic carbocycles. The quantitative estimate of drug-likeness (QED) is 0.614. The number of para-hydroxylation sites is 1. The highest BCUT2D eigenvalue weighted by Crippen LogP contribution is 2.22. The van der Waals surface area contributed by atoms with Crippen molar-refractivity contribution >= 4 is 5.91 Å². The maximum Gasteiger partial charge on any atom is 0.247 e. The first-order valence-electron chi connectivity index (χ1n) is 9.42. The molecule has 146 valence electrons. The van der Waals surface area contributed by atoms with Gasteiger partial charge < -0.3 is 14.5 Å². The minimum atomic E-state index is 0.0187. The van der Waals surface area contributed by atoms with Gasteiger partial charge in [0.2, 0.25) is 17.7 Å². The standard InChI is InChI=1S/C22H25N3O3/c1-16(14-18-10-6-7-11-19(18)27-2)15-20(26)23-13-12-21-24-25-22(28-21)17-8-4-3-5-9-17/h3-11,16H,12-15H2,1-2H3,(H,23,26)/t16-/m0/s1. The third-order valence-electron chi connectivity index (χ3n) is 4.44. The summed E-state index contributed by atoms with van der Waals surface area (Å²) >= 11 is 0. The smallest absolute Gasteiger partial charge is 0.247 e. The summed E-state index contributed by atoms with van der Waals surface area (Å²) in [6.45, 7) is 2.53. The van der Waals surface area contributed by atoms with Crippen molar-refractivity contribution in [2.75, 3.05) is 13.7 Å². The molecule has 0 spiro atoms. The lowest BCUT2D eigenvalue weighted by Crippen LogP contribution is -2.27. The van der Waals surface area contributed by atoms with Crippen LogP contribution in [-0.4, -0.2) is 29.8 Å². The molecule has 0 fully saturated rings. The van der Waals surface area contributed by atoms with E-state index in [1.54, 1.807) is 7.11 Å². The van der Waals surface area contributed by atoms with Gasteiger partial charge >= 0.3 is 0 Å². The first-order valence-corrected chi connectivity index (χ1v) is 9.42. The van der Waals surface area contributed by atoms with E-state index in [0.717, 1.165) is 23.3 Å². The Balaban J connectivity index is 1.43. The summed E-state index contributed by atoms with van der Waals surface area (Å²) in [4.78, 5) is 12.2. The maximum absolute atomic E-state index is 12.2. The van der Waals surface area contributed by atoms with E-state index < -0.39 is 0 Å². The van der Waals surface area contributed by atoms with Crippen LogP contribution in [0, 0.1) is 5.92 Å². The summed E-state index contributed by atoms with van der Waals surface area (Å²) in [6, 6.07) is 17.5. The van der Waals surface area contributed by atoms with E-state index in [1.807, 2.05) is 54.6 Å². The van der Waals surface area contributed by atoms with Gasteiger partial charge in [0.05, 0.1) is 7.11 Å². The average Bonchev–Trinajstić information content (AvgIpc) is 3.18. The van der Waals surface area contributed by atoms with Gasteiger partial charge in [-0.3, -0.25) is 4.79 Å². The Morgan fingerprint density at radius 3 is 2.64 bits per heavy atom. The third kappa shape index (κ3) is 5.42. The van der Waals surface area contributed by atoms with Crippen molar-refractivity contribution in [3.63, 3.8) is 0 Å². The molecule has 3 aromatic rings. The predicted molar refractivity (Wildman–Crippen MR) is 107 cm³/mol. The maximum atomic E-state index is 12.2. The van der Waals surface area contributed by atoms with Crippen LogP contribution in [0.15, 0.2) is 59.0 Å². The van der Waals surface area contributed by atoms with Crippen LogP contribution in [0.5, 0.6) is 5.75 Å².